The van der Waals surface area contributed by atoms with Crippen molar-refractivity contribution in [1.29, 1.82) is 0 Å². The quantitative estimate of drug-likeness (QED) is 0.931. The molecule has 1 aliphatic rings. The maximum absolute atomic E-state index is 14.2. The molecule has 6 heteroatoms. The van der Waals surface area contributed by atoms with Crippen LogP contribution in [0.15, 0.2) is 30.3 Å². The Hall–Kier alpha value is -2.63. The highest BCUT2D eigenvalue weighted by Gasteiger charge is 2.29. The monoisotopic (exact) mass is 343 g/mol. The molecular formula is C19H22FN3O2. The molecule has 0 bridgehead atoms. The van der Waals surface area contributed by atoms with Crippen molar-refractivity contribution < 1.29 is 14.0 Å². The smallest absolute Gasteiger partial charge is 0.255 e. The Bertz CT molecular complexity index is 828. The van der Waals surface area contributed by atoms with E-state index in [0.717, 1.165) is 12.1 Å². The molecule has 3 rings (SSSR count). The van der Waals surface area contributed by atoms with Crippen LogP contribution in [0, 0.1) is 25.6 Å². The Balaban J connectivity index is 1.94. The average molecular weight is 343 g/mol. The molecule has 25 heavy (non-hydrogen) atoms. The Morgan fingerprint density at radius 2 is 1.96 bits per heavy atom. The number of carbonyl (C=O) groups excluding carboxylic acids is 2. The van der Waals surface area contributed by atoms with Crippen LogP contribution in [0.3, 0.4) is 0 Å². The number of hydrogen-bond acceptors (Lipinski definition) is 2. The SMILES string of the molecule is Cc1cc(C(=O)N2CCCC(C(N)=O)C2)c(C)n1-c1ccccc1F. The lowest BCUT2D eigenvalue weighted by Crippen LogP contribution is -2.44. The summed E-state index contributed by atoms with van der Waals surface area (Å²) in [5, 5.41) is 0. The maximum Gasteiger partial charge on any atom is 0.255 e. The summed E-state index contributed by atoms with van der Waals surface area (Å²) < 4.78 is 15.9. The third kappa shape index (κ3) is 3.16. The minimum absolute atomic E-state index is 0.137. The minimum atomic E-state index is -0.366. The van der Waals surface area contributed by atoms with E-state index in [1.54, 1.807) is 33.7 Å². The summed E-state index contributed by atoms with van der Waals surface area (Å²) in [5.41, 5.74) is 7.83. The molecule has 0 saturated carbocycles. The van der Waals surface area contributed by atoms with Crippen molar-refractivity contribution in [2.45, 2.75) is 26.7 Å². The van der Waals surface area contributed by atoms with Crippen LogP contribution in [0.5, 0.6) is 0 Å². The Kier molecular flexibility index (Phi) is 4.61. The first-order valence-corrected chi connectivity index (χ1v) is 8.42. The fraction of sp³-hybridized carbons (Fsp3) is 0.368. The van der Waals surface area contributed by atoms with E-state index in [1.807, 2.05) is 13.8 Å². The number of primary amides is 1. The van der Waals surface area contributed by atoms with Gasteiger partial charge in [-0.1, -0.05) is 12.1 Å². The second-order valence-electron chi connectivity index (χ2n) is 6.56. The van der Waals surface area contributed by atoms with Crippen LogP contribution in [-0.2, 0) is 4.79 Å². The fourth-order valence-electron chi connectivity index (χ4n) is 3.55. The molecular weight excluding hydrogens is 321 g/mol. The summed E-state index contributed by atoms with van der Waals surface area (Å²) in [6.45, 7) is 4.60. The lowest BCUT2D eigenvalue weighted by Gasteiger charge is -2.31. The zero-order valence-corrected chi connectivity index (χ0v) is 14.5. The number of halogens is 1. The largest absolute Gasteiger partial charge is 0.369 e. The molecule has 1 saturated heterocycles. The number of carbonyl (C=O) groups is 2. The van der Waals surface area contributed by atoms with Crippen LogP contribution in [0.4, 0.5) is 4.39 Å². The molecule has 1 aromatic carbocycles. The zero-order chi connectivity index (χ0) is 18.1. The van der Waals surface area contributed by atoms with E-state index in [2.05, 4.69) is 0 Å². The van der Waals surface area contributed by atoms with Crippen molar-refractivity contribution in [3.05, 3.63) is 53.1 Å². The first kappa shape index (κ1) is 17.2. The van der Waals surface area contributed by atoms with E-state index in [-0.39, 0.29) is 23.5 Å². The lowest BCUT2D eigenvalue weighted by molar-refractivity contribution is -0.123. The first-order valence-electron chi connectivity index (χ1n) is 8.42. The predicted molar refractivity (Wildman–Crippen MR) is 93.0 cm³/mol. The van der Waals surface area contributed by atoms with E-state index in [4.69, 9.17) is 5.73 Å². The van der Waals surface area contributed by atoms with Crippen LogP contribution in [0.25, 0.3) is 5.69 Å². The Labute approximate surface area is 146 Å². The minimum Gasteiger partial charge on any atom is -0.369 e. The Morgan fingerprint density at radius 1 is 1.24 bits per heavy atom. The first-order chi connectivity index (χ1) is 11.9. The van der Waals surface area contributed by atoms with E-state index >= 15 is 0 Å². The van der Waals surface area contributed by atoms with E-state index in [1.165, 1.54) is 6.07 Å². The number of aryl methyl sites for hydroxylation is 1. The van der Waals surface area contributed by atoms with Crippen molar-refractivity contribution in [3.63, 3.8) is 0 Å². The van der Waals surface area contributed by atoms with Crippen molar-refractivity contribution in [3.8, 4) is 5.69 Å². The molecule has 1 aromatic heterocycles. The fourth-order valence-corrected chi connectivity index (χ4v) is 3.55. The van der Waals surface area contributed by atoms with Gasteiger partial charge < -0.3 is 15.2 Å². The highest BCUT2D eigenvalue weighted by molar-refractivity contribution is 5.96. The van der Waals surface area contributed by atoms with Gasteiger partial charge in [0.15, 0.2) is 0 Å². The van der Waals surface area contributed by atoms with Gasteiger partial charge in [0.2, 0.25) is 5.91 Å². The number of rotatable bonds is 3. The molecule has 132 valence electrons. The van der Waals surface area contributed by atoms with Crippen LogP contribution < -0.4 is 5.73 Å². The van der Waals surface area contributed by atoms with Gasteiger partial charge in [-0.05, 0) is 44.9 Å². The molecule has 0 spiro atoms. The summed E-state index contributed by atoms with van der Waals surface area (Å²) in [5.74, 6) is -1.14. The normalized spacial score (nSPS) is 17.6. The van der Waals surface area contributed by atoms with E-state index in [0.29, 0.717) is 36.5 Å². The van der Waals surface area contributed by atoms with Crippen LogP contribution in [-0.4, -0.2) is 34.4 Å². The number of benzene rings is 1. The molecule has 2 heterocycles. The number of aromatic nitrogens is 1. The number of hydrogen-bond donors (Lipinski definition) is 1. The topological polar surface area (TPSA) is 68.3 Å². The maximum atomic E-state index is 14.2. The molecule has 2 N–H and O–H groups in total. The van der Waals surface area contributed by atoms with E-state index < -0.39 is 0 Å². The molecule has 2 aromatic rings. The molecule has 0 aliphatic carbocycles. The highest BCUT2D eigenvalue weighted by Crippen LogP contribution is 2.25. The van der Waals surface area contributed by atoms with Crippen LogP contribution >= 0.6 is 0 Å². The summed E-state index contributed by atoms with van der Waals surface area (Å²) in [6.07, 6.45) is 1.47. The van der Waals surface area contributed by atoms with Gasteiger partial charge in [0, 0.05) is 24.5 Å². The summed E-state index contributed by atoms with van der Waals surface area (Å²) in [4.78, 5) is 26.1. The zero-order valence-electron chi connectivity index (χ0n) is 14.5. The molecule has 2 amide bonds. The molecule has 5 nitrogen and oxygen atoms in total. The second-order valence-corrected chi connectivity index (χ2v) is 6.56. The third-order valence-electron chi connectivity index (χ3n) is 4.87. The van der Waals surface area contributed by atoms with E-state index in [9.17, 15) is 14.0 Å². The van der Waals surface area contributed by atoms with Gasteiger partial charge >= 0.3 is 0 Å². The molecule has 1 atom stereocenters. The van der Waals surface area contributed by atoms with Crippen molar-refractivity contribution in [1.82, 2.24) is 9.47 Å². The molecule has 0 radical (unpaired) electrons. The lowest BCUT2D eigenvalue weighted by atomic mass is 9.97. The van der Waals surface area contributed by atoms with Crippen molar-refractivity contribution >= 4 is 11.8 Å². The van der Waals surface area contributed by atoms with Crippen molar-refractivity contribution in [2.24, 2.45) is 11.7 Å². The number of nitrogens with two attached hydrogens (primary N) is 1. The van der Waals surface area contributed by atoms with Gasteiger partial charge in [0.25, 0.3) is 5.91 Å². The standard InChI is InChI=1S/C19H22FN3O2/c1-12-10-15(13(2)23(12)17-8-4-3-7-16(17)20)19(25)22-9-5-6-14(11-22)18(21)24/h3-4,7-8,10,14H,5-6,9,11H2,1-2H3,(H2,21,24). The molecule has 1 fully saturated rings. The second kappa shape index (κ2) is 6.70. The molecule has 1 unspecified atom stereocenters. The highest BCUT2D eigenvalue weighted by atomic mass is 19.1. The van der Waals surface area contributed by atoms with Gasteiger partial charge in [0.1, 0.15) is 5.82 Å². The van der Waals surface area contributed by atoms with Crippen molar-refractivity contribution in [2.75, 3.05) is 13.1 Å². The summed E-state index contributed by atoms with van der Waals surface area (Å²) in [6, 6.07) is 8.26. The number of amides is 2. The van der Waals surface area contributed by atoms with Gasteiger partial charge in [-0.2, -0.15) is 0 Å². The van der Waals surface area contributed by atoms with Gasteiger partial charge in [0.05, 0.1) is 17.2 Å². The van der Waals surface area contributed by atoms with Gasteiger partial charge in [-0.3, -0.25) is 9.59 Å². The number of para-hydroxylation sites is 1. The summed E-state index contributed by atoms with van der Waals surface area (Å²) in [7, 11) is 0. The number of likely N-dealkylation sites (tertiary alicyclic amines) is 1. The van der Waals surface area contributed by atoms with Crippen LogP contribution in [0.2, 0.25) is 0 Å². The average Bonchev–Trinajstić information content (AvgIpc) is 2.89. The predicted octanol–water partition coefficient (Wildman–Crippen LogP) is 2.57. The number of nitrogens with zero attached hydrogens (tertiary/aromatic N) is 2. The van der Waals surface area contributed by atoms with Crippen LogP contribution in [0.1, 0.15) is 34.6 Å². The van der Waals surface area contributed by atoms with Gasteiger partial charge in [-0.25, -0.2) is 4.39 Å². The molecule has 1 aliphatic heterocycles. The third-order valence-corrected chi connectivity index (χ3v) is 4.87. The Morgan fingerprint density at radius 3 is 2.64 bits per heavy atom. The summed E-state index contributed by atoms with van der Waals surface area (Å²) >= 11 is 0. The number of piperidine rings is 1. The van der Waals surface area contributed by atoms with Gasteiger partial charge in [-0.15, -0.1) is 0 Å².